The second-order valence-electron chi connectivity index (χ2n) is 15.3. The normalized spacial score (nSPS) is 32.7. The van der Waals surface area contributed by atoms with Gasteiger partial charge in [-0.05, 0) is 112 Å². The number of likely N-dealkylation sites (N-methyl/N-ethyl adjacent to an activating group) is 1. The molecule has 3 heterocycles. The van der Waals surface area contributed by atoms with E-state index < -0.39 is 26.8 Å². The summed E-state index contributed by atoms with van der Waals surface area (Å²) in [6, 6.07) is 11.3. The fourth-order valence-corrected chi connectivity index (χ4v) is 9.94. The van der Waals surface area contributed by atoms with Crippen molar-refractivity contribution in [3.8, 4) is 5.75 Å². The van der Waals surface area contributed by atoms with Gasteiger partial charge in [-0.1, -0.05) is 30.7 Å². The third-order valence-corrected chi connectivity index (χ3v) is 14.2. The van der Waals surface area contributed by atoms with Crippen molar-refractivity contribution in [3.05, 3.63) is 70.3 Å². The number of nitrogens with zero attached hydrogens (tertiary/aromatic N) is 2. The minimum atomic E-state index is -3.97. The Morgan fingerprint density at radius 3 is 2.55 bits per heavy atom. The van der Waals surface area contributed by atoms with E-state index in [1.165, 1.54) is 24.2 Å². The van der Waals surface area contributed by atoms with Crippen molar-refractivity contribution in [3.63, 3.8) is 0 Å². The highest BCUT2D eigenvalue weighted by atomic mass is 35.5. The molecule has 2 fully saturated rings. The molecule has 2 aromatic rings. The monoisotopic (exact) mass is 740 g/mol. The number of ether oxygens (including phenoxy) is 2. The second kappa shape index (κ2) is 15.6. The second-order valence-corrected chi connectivity index (χ2v) is 17.7. The number of anilines is 1. The third-order valence-electron chi connectivity index (χ3n) is 12.0. The summed E-state index contributed by atoms with van der Waals surface area (Å²) in [5.74, 6) is -0.203. The number of sulfonamides is 1. The molecule has 10 nitrogen and oxygen atoms in total. The van der Waals surface area contributed by atoms with Crippen LogP contribution in [0.15, 0.2) is 48.6 Å². The molecule has 3 aliphatic heterocycles. The van der Waals surface area contributed by atoms with Gasteiger partial charge in [0.05, 0.1) is 17.5 Å². The molecule has 2 N–H and O–H groups in total. The molecule has 5 aliphatic rings. The summed E-state index contributed by atoms with van der Waals surface area (Å²) in [4.78, 5) is 30.7. The van der Waals surface area contributed by atoms with E-state index in [1.54, 1.807) is 32.2 Å². The van der Waals surface area contributed by atoms with Crippen LogP contribution in [-0.4, -0.2) is 96.4 Å². The van der Waals surface area contributed by atoms with Crippen LogP contribution in [0.5, 0.6) is 5.75 Å². The van der Waals surface area contributed by atoms with Crippen molar-refractivity contribution >= 4 is 39.5 Å². The van der Waals surface area contributed by atoms with Crippen LogP contribution in [0.4, 0.5) is 5.69 Å². The number of carbonyl (C=O) groups excluding carboxylic acids is 2. The number of piperazine rings is 1. The van der Waals surface area contributed by atoms with Crippen LogP contribution in [0.1, 0.15) is 67.4 Å². The van der Waals surface area contributed by atoms with E-state index in [-0.39, 0.29) is 28.7 Å². The van der Waals surface area contributed by atoms with Gasteiger partial charge in [-0.3, -0.25) is 9.59 Å². The molecule has 7 rings (SSSR count). The number of allylic oxidation sites excluding steroid dienone is 1. The number of hydrogen-bond acceptors (Lipinski definition) is 9. The maximum absolute atomic E-state index is 13.4. The van der Waals surface area contributed by atoms with E-state index in [2.05, 4.69) is 39.0 Å². The molecule has 0 radical (unpaired) electrons. The van der Waals surface area contributed by atoms with Crippen LogP contribution < -0.4 is 19.7 Å². The Labute approximate surface area is 308 Å². The number of amides is 1. The molecular weight excluding hydrogens is 688 g/mol. The smallest absolute Gasteiger partial charge is 0.264 e. The van der Waals surface area contributed by atoms with Crippen LogP contribution in [-0.2, 0) is 31.4 Å². The van der Waals surface area contributed by atoms with Gasteiger partial charge in [-0.25, -0.2) is 13.1 Å². The quantitative estimate of drug-likeness (QED) is 0.325. The number of fused-ring (bicyclic) bond motifs is 4. The number of aldehydes is 1. The van der Waals surface area contributed by atoms with Crippen molar-refractivity contribution in [1.29, 1.82) is 0 Å². The molecule has 1 saturated heterocycles. The Morgan fingerprint density at radius 1 is 1.10 bits per heavy atom. The van der Waals surface area contributed by atoms with Crippen LogP contribution in [0.25, 0.3) is 0 Å². The van der Waals surface area contributed by atoms with Gasteiger partial charge in [0.1, 0.15) is 11.4 Å². The first-order valence-electron chi connectivity index (χ1n) is 18.4. The van der Waals surface area contributed by atoms with E-state index >= 15 is 0 Å². The summed E-state index contributed by atoms with van der Waals surface area (Å²) in [6.07, 6.45) is 9.65. The van der Waals surface area contributed by atoms with Gasteiger partial charge >= 0.3 is 0 Å². The van der Waals surface area contributed by atoms with E-state index in [4.69, 9.17) is 21.1 Å². The van der Waals surface area contributed by atoms with Gasteiger partial charge in [0.25, 0.3) is 5.91 Å². The Bertz CT molecular complexity index is 1730. The van der Waals surface area contributed by atoms with Crippen molar-refractivity contribution in [1.82, 2.24) is 14.9 Å². The number of halogens is 1. The predicted molar refractivity (Wildman–Crippen MR) is 201 cm³/mol. The number of rotatable bonds is 2. The molecule has 51 heavy (non-hydrogen) atoms. The maximum atomic E-state index is 13.4. The molecule has 1 spiro atoms. The number of carbonyl (C=O) groups is 2. The lowest BCUT2D eigenvalue weighted by Gasteiger charge is -2.48. The Morgan fingerprint density at radius 2 is 1.88 bits per heavy atom. The topological polar surface area (TPSA) is 117 Å². The molecular formula is C39H53ClN4O6S. The molecule has 1 saturated carbocycles. The van der Waals surface area contributed by atoms with Gasteiger partial charge < -0.3 is 24.6 Å². The van der Waals surface area contributed by atoms with E-state index in [9.17, 15) is 18.0 Å². The van der Waals surface area contributed by atoms with Crippen molar-refractivity contribution in [2.24, 2.45) is 17.8 Å². The number of benzene rings is 2. The molecule has 0 unspecified atom stereocenters. The number of nitrogens with one attached hydrogen (secondary N) is 2. The summed E-state index contributed by atoms with van der Waals surface area (Å²) in [6.45, 7) is 9.92. The molecule has 1 amide bonds. The average molecular weight is 741 g/mol. The molecule has 2 aliphatic carbocycles. The molecule has 12 heteroatoms. The summed E-state index contributed by atoms with van der Waals surface area (Å²) < 4.78 is 41.3. The Balaban J connectivity index is 0.000000573. The first-order chi connectivity index (χ1) is 24.4. The first kappa shape index (κ1) is 37.8. The summed E-state index contributed by atoms with van der Waals surface area (Å²) in [7, 11) is -0.253. The highest BCUT2D eigenvalue weighted by Gasteiger charge is 2.49. The predicted octanol–water partition coefficient (Wildman–Crippen LogP) is 4.99. The van der Waals surface area contributed by atoms with Crippen LogP contribution in [0, 0.1) is 17.8 Å². The van der Waals surface area contributed by atoms with Crippen LogP contribution >= 0.6 is 11.6 Å². The zero-order valence-corrected chi connectivity index (χ0v) is 31.9. The molecule has 0 aromatic heterocycles. The lowest BCUT2D eigenvalue weighted by molar-refractivity contribution is -0.135. The third kappa shape index (κ3) is 7.88. The van der Waals surface area contributed by atoms with Crippen molar-refractivity contribution in [2.45, 2.75) is 68.6 Å². The number of hydrogen-bond donors (Lipinski definition) is 2. The minimum Gasteiger partial charge on any atom is -0.490 e. The highest BCUT2D eigenvalue weighted by molar-refractivity contribution is 7.90. The Kier molecular flexibility index (Phi) is 11.5. The zero-order valence-electron chi connectivity index (χ0n) is 30.3. The van der Waals surface area contributed by atoms with E-state index in [0.717, 1.165) is 57.2 Å². The highest BCUT2D eigenvalue weighted by Crippen LogP contribution is 2.48. The largest absolute Gasteiger partial charge is 0.490 e. The van der Waals surface area contributed by atoms with Gasteiger partial charge in [0.2, 0.25) is 10.0 Å². The van der Waals surface area contributed by atoms with Crippen LogP contribution in [0.2, 0.25) is 5.02 Å². The zero-order chi connectivity index (χ0) is 36.4. The van der Waals surface area contributed by atoms with Crippen molar-refractivity contribution < 1.29 is 27.5 Å². The SMILES string of the molecule is CN1CCNCC1.CO[C@]1(C=O)/C=C/C[C@H](C)[C@@H](C)S(=O)(=O)NC(=O)c2ccc3c(c2)N(C[C@@H]2CC[C@H]21)C[C@@]1(CCCc2cc(Cl)ccc21)CO3. The Hall–Kier alpha value is -2.96. The lowest BCUT2D eigenvalue weighted by Crippen LogP contribution is -2.53. The van der Waals surface area contributed by atoms with Gasteiger partial charge in [-0.15, -0.1) is 0 Å². The number of methoxy groups -OCH3 is 1. The van der Waals surface area contributed by atoms with Crippen LogP contribution in [0.3, 0.4) is 0 Å². The van der Waals surface area contributed by atoms with Gasteiger partial charge in [0, 0.05) is 68.3 Å². The van der Waals surface area contributed by atoms with E-state index in [0.29, 0.717) is 36.9 Å². The van der Waals surface area contributed by atoms with Crippen molar-refractivity contribution in [2.75, 3.05) is 64.9 Å². The summed E-state index contributed by atoms with van der Waals surface area (Å²) in [5, 5.41) is 3.15. The molecule has 6 atom stereocenters. The van der Waals surface area contributed by atoms with Gasteiger partial charge in [-0.2, -0.15) is 0 Å². The fourth-order valence-electron chi connectivity index (χ4n) is 8.46. The maximum Gasteiger partial charge on any atom is 0.264 e. The standard InChI is InChI=1S/C34H41ClN2O6S.C5H12N2/c1-22-6-4-15-34(20-38,42-3)29-11-8-26(29)18-37-19-33(14-5-7-24-16-27(35)10-12-28(24)33)21-43-31-13-9-25(17-30(31)37)32(39)36-44(40,41)23(22)2;1-7-4-2-6-3-5-7/h4,9-10,12-13,15-17,20,22-23,26,29H,5-8,11,14,18-19,21H2,1-3H3,(H,36,39);6H,2-5H2,1H3/b15-4+;/t22-,23+,26-,29+,33-,34-;/m0./s1. The number of aryl methyl sites for hydroxylation is 1. The fraction of sp³-hybridized carbons (Fsp3) is 0.590. The van der Waals surface area contributed by atoms with E-state index in [1.807, 2.05) is 25.1 Å². The lowest BCUT2D eigenvalue weighted by atomic mass is 9.64. The first-order valence-corrected chi connectivity index (χ1v) is 20.3. The molecule has 278 valence electrons. The molecule has 2 aromatic carbocycles. The molecule has 2 bridgehead atoms. The average Bonchev–Trinajstić information content (AvgIpc) is 3.25. The summed E-state index contributed by atoms with van der Waals surface area (Å²) >= 11 is 6.40. The van der Waals surface area contributed by atoms with Gasteiger partial charge in [0.15, 0.2) is 6.29 Å². The summed E-state index contributed by atoms with van der Waals surface area (Å²) in [5.41, 5.74) is 2.05. The minimum absolute atomic E-state index is 0.0434.